The van der Waals surface area contributed by atoms with E-state index in [1.54, 1.807) is 0 Å². The third-order valence-electron chi connectivity index (χ3n) is 8.01. The minimum Gasteiger partial charge on any atom is -0.374 e. The number of nitrogens with zero attached hydrogens (tertiary/aromatic N) is 5. The van der Waals surface area contributed by atoms with Crippen LogP contribution in [0, 0.1) is 17.0 Å². The monoisotopic (exact) mass is 438 g/mol. The highest BCUT2D eigenvalue weighted by molar-refractivity contribution is 5.63. The van der Waals surface area contributed by atoms with Crippen molar-refractivity contribution in [2.75, 3.05) is 24.6 Å². The lowest BCUT2D eigenvalue weighted by molar-refractivity contribution is -0.0469. The van der Waals surface area contributed by atoms with Gasteiger partial charge < -0.3 is 9.64 Å². The SMILES string of the molecule is CC1(C)[C@H]2CC[C@]1([C@@H]1CN(c3ncn[nH]3)CCO1)c1nnc(-c3c(F)cccc3F)cc12. The molecule has 166 valence electrons. The first-order valence-electron chi connectivity index (χ1n) is 11.0. The number of rotatable bonds is 3. The summed E-state index contributed by atoms with van der Waals surface area (Å²) in [5, 5.41) is 15.8. The maximum Gasteiger partial charge on any atom is 0.221 e. The Morgan fingerprint density at radius 3 is 2.75 bits per heavy atom. The van der Waals surface area contributed by atoms with Crippen molar-refractivity contribution in [3.05, 3.63) is 53.5 Å². The number of halogens is 2. The number of hydrogen-bond acceptors (Lipinski definition) is 6. The highest BCUT2D eigenvalue weighted by Gasteiger charge is 2.67. The molecule has 0 amide bonds. The first kappa shape index (κ1) is 19.7. The second-order valence-corrected chi connectivity index (χ2v) is 9.53. The molecule has 0 radical (unpaired) electrons. The van der Waals surface area contributed by atoms with Gasteiger partial charge in [-0.3, -0.25) is 0 Å². The van der Waals surface area contributed by atoms with Crippen LogP contribution in [0.2, 0.25) is 0 Å². The second-order valence-electron chi connectivity index (χ2n) is 9.53. The Morgan fingerprint density at radius 1 is 1.19 bits per heavy atom. The van der Waals surface area contributed by atoms with Crippen LogP contribution in [0.5, 0.6) is 0 Å². The van der Waals surface area contributed by atoms with Crippen molar-refractivity contribution < 1.29 is 13.5 Å². The molecule has 1 saturated carbocycles. The predicted molar refractivity (Wildman–Crippen MR) is 113 cm³/mol. The van der Waals surface area contributed by atoms with Crippen LogP contribution in [-0.2, 0) is 10.2 Å². The predicted octanol–water partition coefficient (Wildman–Crippen LogP) is 3.60. The van der Waals surface area contributed by atoms with Crippen molar-refractivity contribution in [1.29, 1.82) is 0 Å². The quantitative estimate of drug-likeness (QED) is 0.673. The molecular weight excluding hydrogens is 414 g/mol. The lowest BCUT2D eigenvalue weighted by Gasteiger charge is -2.47. The van der Waals surface area contributed by atoms with Gasteiger partial charge >= 0.3 is 0 Å². The molecule has 1 aromatic carbocycles. The number of morpholine rings is 1. The number of aromatic amines is 1. The fourth-order valence-electron chi connectivity index (χ4n) is 6.44. The smallest absolute Gasteiger partial charge is 0.221 e. The Morgan fingerprint density at radius 2 is 2.00 bits per heavy atom. The molecule has 1 saturated heterocycles. The summed E-state index contributed by atoms with van der Waals surface area (Å²) in [6, 6.07) is 5.70. The van der Waals surface area contributed by atoms with E-state index in [9.17, 15) is 8.78 Å². The minimum absolute atomic E-state index is 0.104. The van der Waals surface area contributed by atoms with E-state index in [1.807, 2.05) is 6.07 Å². The van der Waals surface area contributed by atoms with Crippen LogP contribution in [0.3, 0.4) is 0 Å². The molecule has 3 aromatic rings. The second kappa shape index (κ2) is 6.78. The normalized spacial score (nSPS) is 28.2. The Bertz CT molecular complexity index is 1160. The zero-order valence-electron chi connectivity index (χ0n) is 18.0. The molecule has 2 aromatic heterocycles. The van der Waals surface area contributed by atoms with E-state index >= 15 is 0 Å². The van der Waals surface area contributed by atoms with E-state index in [4.69, 9.17) is 4.74 Å². The molecule has 3 heterocycles. The van der Waals surface area contributed by atoms with Crippen molar-refractivity contribution in [1.82, 2.24) is 25.4 Å². The van der Waals surface area contributed by atoms with Crippen LogP contribution >= 0.6 is 0 Å². The third kappa shape index (κ3) is 2.48. The Hall–Kier alpha value is -2.94. The van der Waals surface area contributed by atoms with Crippen LogP contribution < -0.4 is 4.90 Å². The number of aromatic nitrogens is 5. The molecule has 1 aliphatic heterocycles. The van der Waals surface area contributed by atoms with Gasteiger partial charge in [-0.2, -0.15) is 20.3 Å². The summed E-state index contributed by atoms with van der Waals surface area (Å²) in [7, 11) is 0. The Labute approximate surface area is 184 Å². The molecule has 2 aliphatic carbocycles. The average Bonchev–Trinajstić information content (AvgIpc) is 3.45. The average molecular weight is 438 g/mol. The number of ether oxygens (including phenoxy) is 1. The summed E-state index contributed by atoms with van der Waals surface area (Å²) in [6.07, 6.45) is 3.32. The summed E-state index contributed by atoms with van der Waals surface area (Å²) in [4.78, 5) is 6.47. The van der Waals surface area contributed by atoms with Crippen LogP contribution in [0.15, 0.2) is 30.6 Å². The van der Waals surface area contributed by atoms with Gasteiger partial charge in [0.15, 0.2) is 0 Å². The number of benzene rings is 1. The zero-order chi connectivity index (χ0) is 22.1. The number of H-pyrrole nitrogens is 1. The molecule has 2 fully saturated rings. The maximum absolute atomic E-state index is 14.4. The number of fused-ring (bicyclic) bond motifs is 5. The molecular formula is C23H24F2N6O. The van der Waals surface area contributed by atoms with Crippen LogP contribution in [0.25, 0.3) is 11.3 Å². The first-order chi connectivity index (χ1) is 15.4. The molecule has 7 nitrogen and oxygen atoms in total. The summed E-state index contributed by atoms with van der Waals surface area (Å²) in [6.45, 7) is 6.49. The van der Waals surface area contributed by atoms with Crippen LogP contribution in [-0.4, -0.2) is 51.2 Å². The third-order valence-corrected chi connectivity index (χ3v) is 8.01. The molecule has 9 heteroatoms. The summed E-state index contributed by atoms with van der Waals surface area (Å²) >= 11 is 0. The van der Waals surface area contributed by atoms with Gasteiger partial charge in [-0.1, -0.05) is 19.9 Å². The fraction of sp³-hybridized carbons (Fsp3) is 0.478. The molecule has 6 rings (SSSR count). The van der Waals surface area contributed by atoms with Crippen molar-refractivity contribution in [2.45, 2.75) is 44.1 Å². The van der Waals surface area contributed by atoms with Gasteiger partial charge in [0, 0.05) is 18.5 Å². The first-order valence-corrected chi connectivity index (χ1v) is 11.0. The van der Waals surface area contributed by atoms with Gasteiger partial charge in [0.2, 0.25) is 5.95 Å². The molecule has 1 N–H and O–H groups in total. The topological polar surface area (TPSA) is 79.8 Å². The van der Waals surface area contributed by atoms with Gasteiger partial charge in [-0.05, 0) is 47.9 Å². The lowest BCUT2D eigenvalue weighted by Crippen LogP contribution is -2.56. The fourth-order valence-corrected chi connectivity index (χ4v) is 6.44. The largest absolute Gasteiger partial charge is 0.374 e. The Balaban J connectivity index is 1.44. The molecule has 0 spiro atoms. The van der Waals surface area contributed by atoms with Crippen LogP contribution in [0.4, 0.5) is 14.7 Å². The zero-order valence-corrected chi connectivity index (χ0v) is 18.0. The molecule has 3 aliphatic rings. The van der Waals surface area contributed by atoms with E-state index in [1.165, 1.54) is 24.5 Å². The van der Waals surface area contributed by atoms with Gasteiger partial charge in [0.05, 0.1) is 29.7 Å². The van der Waals surface area contributed by atoms with E-state index in [0.717, 1.165) is 36.6 Å². The van der Waals surface area contributed by atoms with Crippen molar-refractivity contribution in [3.8, 4) is 11.3 Å². The van der Waals surface area contributed by atoms with Gasteiger partial charge in [0.1, 0.15) is 18.0 Å². The summed E-state index contributed by atoms with van der Waals surface area (Å²) in [5.74, 6) is -0.299. The lowest BCUT2D eigenvalue weighted by atomic mass is 9.64. The van der Waals surface area contributed by atoms with Crippen LogP contribution in [0.1, 0.15) is 43.9 Å². The molecule has 32 heavy (non-hydrogen) atoms. The summed E-state index contributed by atoms with van der Waals surface area (Å²) in [5.41, 5.74) is 1.60. The maximum atomic E-state index is 14.4. The highest BCUT2D eigenvalue weighted by atomic mass is 19.1. The molecule has 3 atom stereocenters. The van der Waals surface area contributed by atoms with E-state index in [-0.39, 0.29) is 34.1 Å². The van der Waals surface area contributed by atoms with E-state index in [0.29, 0.717) is 13.2 Å². The number of nitrogens with one attached hydrogen (secondary N) is 1. The van der Waals surface area contributed by atoms with Gasteiger partial charge in [-0.15, -0.1) is 0 Å². The van der Waals surface area contributed by atoms with E-state index < -0.39 is 11.6 Å². The number of hydrogen-bond donors (Lipinski definition) is 1. The van der Waals surface area contributed by atoms with Crippen molar-refractivity contribution >= 4 is 5.95 Å². The Kier molecular flexibility index (Phi) is 4.18. The molecule has 0 unspecified atom stereocenters. The number of anilines is 1. The van der Waals surface area contributed by atoms with Gasteiger partial charge in [0.25, 0.3) is 0 Å². The molecule has 2 bridgehead atoms. The van der Waals surface area contributed by atoms with E-state index in [2.05, 4.69) is 44.1 Å². The minimum atomic E-state index is -0.630. The van der Waals surface area contributed by atoms with Crippen molar-refractivity contribution in [3.63, 3.8) is 0 Å². The highest BCUT2D eigenvalue weighted by Crippen LogP contribution is 2.69. The standard InChI is InChI=1S/C23H24F2N6O/c1-22(2)14-6-7-23(22,18-11-31(8-9-32-18)21-26-12-27-30-21)20-13(14)10-17(28-29-20)19-15(24)4-3-5-16(19)25/h3-5,10,12,14,18H,6-9,11H2,1-2H3,(H,26,27,30)/t14-,18-,23-/m0/s1. The van der Waals surface area contributed by atoms with Crippen molar-refractivity contribution in [2.24, 2.45) is 5.41 Å². The van der Waals surface area contributed by atoms with Gasteiger partial charge in [-0.25, -0.2) is 13.9 Å². The summed E-state index contributed by atoms with van der Waals surface area (Å²) < 4.78 is 35.2.